The topological polar surface area (TPSA) is 115 Å². The minimum atomic E-state index is -0.907. The van der Waals surface area contributed by atoms with Gasteiger partial charge in [0.2, 0.25) is 0 Å². The van der Waals surface area contributed by atoms with Crippen LogP contribution in [0.15, 0.2) is 59.4 Å². The smallest absolute Gasteiger partial charge is 0.343 e. The quantitative estimate of drug-likeness (QED) is 0.423. The maximum absolute atomic E-state index is 12.4. The van der Waals surface area contributed by atoms with Gasteiger partial charge in [0.15, 0.2) is 6.73 Å². The molecule has 27 heavy (non-hydrogen) atoms. The predicted molar refractivity (Wildman–Crippen MR) is 96.5 cm³/mol. The minimum absolute atomic E-state index is 0.169. The fourth-order valence-electron chi connectivity index (χ4n) is 2.80. The molecule has 1 aromatic heterocycles. The van der Waals surface area contributed by atoms with Crippen LogP contribution >= 0.6 is 0 Å². The van der Waals surface area contributed by atoms with Gasteiger partial charge >= 0.3 is 5.97 Å². The summed E-state index contributed by atoms with van der Waals surface area (Å²) in [5.74, 6) is -1.39. The van der Waals surface area contributed by atoms with Gasteiger partial charge in [-0.15, -0.1) is 5.10 Å². The lowest BCUT2D eigenvalue weighted by molar-refractivity contribution is 0.0333. The van der Waals surface area contributed by atoms with Crippen molar-refractivity contribution in [2.75, 3.05) is 0 Å². The van der Waals surface area contributed by atoms with Crippen LogP contribution in [0.25, 0.3) is 21.7 Å². The van der Waals surface area contributed by atoms with E-state index >= 15 is 0 Å². The maximum Gasteiger partial charge on any atom is 0.343 e. The summed E-state index contributed by atoms with van der Waals surface area (Å²) in [6.45, 7) is -0.484. The number of ether oxygens (including phenoxy) is 1. The number of carbonyl (C=O) groups is 1. The van der Waals surface area contributed by atoms with Crippen LogP contribution in [0.3, 0.4) is 0 Å². The highest BCUT2D eigenvalue weighted by Gasteiger charge is 2.18. The van der Waals surface area contributed by atoms with Crippen LogP contribution in [0.1, 0.15) is 10.4 Å². The largest absolute Gasteiger partial charge is 0.507 e. The number of benzene rings is 3. The fourth-order valence-corrected chi connectivity index (χ4v) is 2.80. The Morgan fingerprint density at radius 1 is 1.00 bits per heavy atom. The maximum atomic E-state index is 12.4. The SMILES string of the molecule is O=C(OCn1nnc2ccccc2c1=O)c1cc(O)c2ccccc2c1O. The molecule has 0 amide bonds. The number of nitrogens with zero attached hydrogens (tertiary/aromatic N) is 3. The number of hydrogen-bond donors (Lipinski definition) is 2. The van der Waals surface area contributed by atoms with Gasteiger partial charge in [-0.1, -0.05) is 41.6 Å². The molecular formula is C19H13N3O5. The van der Waals surface area contributed by atoms with Crippen LogP contribution in [0, 0.1) is 0 Å². The number of phenols is 2. The first-order chi connectivity index (χ1) is 13.1. The lowest BCUT2D eigenvalue weighted by atomic mass is 10.0. The minimum Gasteiger partial charge on any atom is -0.507 e. The van der Waals surface area contributed by atoms with Crippen molar-refractivity contribution >= 4 is 27.6 Å². The van der Waals surface area contributed by atoms with Crippen molar-refractivity contribution in [3.8, 4) is 11.5 Å². The van der Waals surface area contributed by atoms with Gasteiger partial charge in [0, 0.05) is 10.8 Å². The third kappa shape index (κ3) is 2.82. The molecule has 0 spiro atoms. The van der Waals surface area contributed by atoms with E-state index < -0.39 is 18.3 Å². The van der Waals surface area contributed by atoms with Gasteiger partial charge in [-0.2, -0.15) is 4.68 Å². The monoisotopic (exact) mass is 363 g/mol. The molecule has 134 valence electrons. The number of phenolic OH excluding ortho intramolecular Hbond substituents is 2. The van der Waals surface area contributed by atoms with E-state index in [2.05, 4.69) is 10.3 Å². The molecule has 0 aliphatic heterocycles. The Kier molecular flexibility index (Phi) is 3.92. The van der Waals surface area contributed by atoms with E-state index in [0.29, 0.717) is 21.7 Å². The highest BCUT2D eigenvalue weighted by atomic mass is 16.5. The summed E-state index contributed by atoms with van der Waals surface area (Å²) in [5, 5.41) is 29.1. The summed E-state index contributed by atoms with van der Waals surface area (Å²) >= 11 is 0. The van der Waals surface area contributed by atoms with Crippen molar-refractivity contribution in [2.45, 2.75) is 6.73 Å². The third-order valence-corrected chi connectivity index (χ3v) is 4.16. The molecule has 1 heterocycles. The van der Waals surface area contributed by atoms with Crippen LogP contribution < -0.4 is 5.56 Å². The Bertz CT molecular complexity index is 1250. The Morgan fingerprint density at radius 3 is 2.44 bits per heavy atom. The van der Waals surface area contributed by atoms with Crippen molar-refractivity contribution in [1.29, 1.82) is 0 Å². The van der Waals surface area contributed by atoms with Crippen molar-refractivity contribution in [3.05, 3.63) is 70.5 Å². The van der Waals surface area contributed by atoms with Crippen molar-refractivity contribution in [2.24, 2.45) is 0 Å². The Morgan fingerprint density at radius 2 is 1.67 bits per heavy atom. The molecule has 0 aliphatic rings. The molecule has 0 saturated carbocycles. The predicted octanol–water partition coefficient (Wildman–Crippen LogP) is 2.17. The Hall–Kier alpha value is -3.94. The molecule has 0 atom stereocenters. The van der Waals surface area contributed by atoms with E-state index in [9.17, 15) is 19.8 Å². The van der Waals surface area contributed by atoms with Crippen molar-refractivity contribution in [1.82, 2.24) is 15.0 Å². The molecule has 0 aliphatic carbocycles. The first-order valence-electron chi connectivity index (χ1n) is 7.99. The first-order valence-corrected chi connectivity index (χ1v) is 7.99. The lowest BCUT2D eigenvalue weighted by Gasteiger charge is -2.10. The zero-order valence-electron chi connectivity index (χ0n) is 13.9. The van der Waals surface area contributed by atoms with E-state index in [1.807, 2.05) is 0 Å². The van der Waals surface area contributed by atoms with Gasteiger partial charge < -0.3 is 14.9 Å². The van der Waals surface area contributed by atoms with E-state index in [-0.39, 0.29) is 17.1 Å². The molecule has 0 bridgehead atoms. The number of esters is 1. The summed E-state index contributed by atoms with van der Waals surface area (Å²) < 4.78 is 5.98. The van der Waals surface area contributed by atoms with Gasteiger partial charge in [0.05, 0.1) is 5.39 Å². The van der Waals surface area contributed by atoms with Crippen LogP contribution in [0.2, 0.25) is 0 Å². The molecule has 8 nitrogen and oxygen atoms in total. The van der Waals surface area contributed by atoms with Gasteiger partial charge in [0.1, 0.15) is 22.6 Å². The third-order valence-electron chi connectivity index (χ3n) is 4.16. The molecular weight excluding hydrogens is 350 g/mol. The molecule has 4 aromatic rings. The van der Waals surface area contributed by atoms with Gasteiger partial charge in [-0.3, -0.25) is 4.79 Å². The summed E-state index contributed by atoms with van der Waals surface area (Å²) in [5.41, 5.74) is -0.242. The van der Waals surface area contributed by atoms with Crippen LogP contribution in [-0.4, -0.2) is 31.2 Å². The van der Waals surface area contributed by atoms with Gasteiger partial charge in [0.25, 0.3) is 5.56 Å². The summed E-state index contributed by atoms with van der Waals surface area (Å²) in [4.78, 5) is 24.7. The van der Waals surface area contributed by atoms with Crippen molar-refractivity contribution < 1.29 is 19.7 Å². The van der Waals surface area contributed by atoms with E-state index in [1.165, 1.54) is 0 Å². The van der Waals surface area contributed by atoms with E-state index in [4.69, 9.17) is 4.74 Å². The zero-order chi connectivity index (χ0) is 19.0. The molecule has 0 saturated heterocycles. The normalized spacial score (nSPS) is 11.0. The van der Waals surface area contributed by atoms with Crippen LogP contribution in [0.4, 0.5) is 0 Å². The summed E-state index contributed by atoms with van der Waals surface area (Å²) in [6.07, 6.45) is 0. The first kappa shape index (κ1) is 16.5. The molecule has 4 rings (SSSR count). The summed E-state index contributed by atoms with van der Waals surface area (Å²) in [7, 11) is 0. The highest BCUT2D eigenvalue weighted by molar-refractivity contribution is 6.03. The molecule has 0 radical (unpaired) electrons. The second-order valence-electron chi connectivity index (χ2n) is 5.81. The summed E-state index contributed by atoms with van der Waals surface area (Å²) in [6, 6.07) is 14.3. The molecule has 0 fully saturated rings. The van der Waals surface area contributed by atoms with E-state index in [1.54, 1.807) is 48.5 Å². The number of carbonyl (C=O) groups excluding carboxylic acids is 1. The molecule has 2 N–H and O–H groups in total. The van der Waals surface area contributed by atoms with E-state index in [0.717, 1.165) is 10.7 Å². The number of rotatable bonds is 3. The standard InChI is InChI=1S/C19H13N3O5/c23-16-9-14(17(24)12-6-2-1-5-11(12)16)19(26)27-10-22-18(25)13-7-3-4-8-15(13)20-21-22/h1-9,23-24H,10H2. The Balaban J connectivity index is 1.64. The fraction of sp³-hybridized carbons (Fsp3) is 0.0526. The number of aromatic nitrogens is 3. The highest BCUT2D eigenvalue weighted by Crippen LogP contribution is 2.35. The lowest BCUT2D eigenvalue weighted by Crippen LogP contribution is -2.26. The average molecular weight is 363 g/mol. The zero-order valence-corrected chi connectivity index (χ0v) is 13.9. The second kappa shape index (κ2) is 6.41. The number of hydrogen-bond acceptors (Lipinski definition) is 7. The average Bonchev–Trinajstić information content (AvgIpc) is 2.70. The second-order valence-corrected chi connectivity index (χ2v) is 5.81. The van der Waals surface area contributed by atoms with Gasteiger partial charge in [-0.25, -0.2) is 4.79 Å². The van der Waals surface area contributed by atoms with Crippen molar-refractivity contribution in [3.63, 3.8) is 0 Å². The number of aromatic hydroxyl groups is 2. The molecule has 0 unspecified atom stereocenters. The molecule has 8 heteroatoms. The van der Waals surface area contributed by atoms with Crippen LogP contribution in [0.5, 0.6) is 11.5 Å². The molecule has 3 aromatic carbocycles. The van der Waals surface area contributed by atoms with Gasteiger partial charge in [-0.05, 0) is 18.2 Å². The number of fused-ring (bicyclic) bond motifs is 2. The van der Waals surface area contributed by atoms with Crippen LogP contribution in [-0.2, 0) is 11.5 Å². The Labute approximate surface area is 151 Å².